The molecule has 3 heterocycles. The van der Waals surface area contributed by atoms with Gasteiger partial charge >= 0.3 is 0 Å². The van der Waals surface area contributed by atoms with Gasteiger partial charge in [-0.15, -0.1) is 0 Å². The average Bonchev–Trinajstić information content (AvgIpc) is 3.40. The number of carbonyl (C=O) groups excluding carboxylic acids is 2. The van der Waals surface area contributed by atoms with Crippen LogP contribution in [0.4, 0.5) is 0 Å². The standard InChI is InChI=1S/C20H19NO5/c22-18(15-9-5-11-26-15)16-17(13-6-2-1-3-7-13)21(20(24)19(16)23)12-14-8-4-10-25-14/h1-3,5-7,9,11,14,17,23H,4,8,10,12H2/t14-,17+/m0/s1. The second-order valence-electron chi connectivity index (χ2n) is 6.47. The van der Waals surface area contributed by atoms with Crippen LogP contribution in [-0.2, 0) is 9.53 Å². The molecule has 1 aromatic carbocycles. The number of benzene rings is 1. The molecule has 0 spiro atoms. The molecule has 0 bridgehead atoms. The quantitative estimate of drug-likeness (QED) is 0.836. The smallest absolute Gasteiger partial charge is 0.290 e. The summed E-state index contributed by atoms with van der Waals surface area (Å²) in [5.41, 5.74) is 0.812. The lowest BCUT2D eigenvalue weighted by Crippen LogP contribution is -2.37. The highest BCUT2D eigenvalue weighted by molar-refractivity contribution is 6.15. The van der Waals surface area contributed by atoms with Gasteiger partial charge in [0.05, 0.1) is 24.0 Å². The van der Waals surface area contributed by atoms with Gasteiger partial charge in [0.15, 0.2) is 11.5 Å². The fourth-order valence-electron chi connectivity index (χ4n) is 3.60. The lowest BCUT2D eigenvalue weighted by atomic mass is 9.95. The number of aliphatic hydroxyl groups is 1. The van der Waals surface area contributed by atoms with Crippen molar-refractivity contribution in [2.24, 2.45) is 0 Å². The Bertz CT molecular complexity index is 834. The molecule has 1 aromatic heterocycles. The Morgan fingerprint density at radius 1 is 1.19 bits per heavy atom. The van der Waals surface area contributed by atoms with Gasteiger partial charge in [-0.2, -0.15) is 0 Å². The first-order chi connectivity index (χ1) is 12.7. The summed E-state index contributed by atoms with van der Waals surface area (Å²) in [4.78, 5) is 27.2. The number of ether oxygens (including phenoxy) is 1. The van der Waals surface area contributed by atoms with Crippen molar-refractivity contribution in [1.82, 2.24) is 4.90 Å². The zero-order valence-electron chi connectivity index (χ0n) is 14.1. The molecular formula is C20H19NO5. The number of ketones is 1. The lowest BCUT2D eigenvalue weighted by Gasteiger charge is -2.28. The summed E-state index contributed by atoms with van der Waals surface area (Å²) < 4.78 is 10.8. The highest BCUT2D eigenvalue weighted by Crippen LogP contribution is 2.39. The number of rotatable bonds is 5. The number of nitrogens with zero attached hydrogens (tertiary/aromatic N) is 1. The van der Waals surface area contributed by atoms with Gasteiger partial charge in [0.1, 0.15) is 0 Å². The van der Waals surface area contributed by atoms with Gasteiger partial charge in [-0.05, 0) is 30.5 Å². The first-order valence-electron chi connectivity index (χ1n) is 8.65. The zero-order chi connectivity index (χ0) is 18.1. The van der Waals surface area contributed by atoms with E-state index in [1.165, 1.54) is 17.2 Å². The number of aliphatic hydroxyl groups excluding tert-OH is 1. The van der Waals surface area contributed by atoms with Gasteiger partial charge < -0.3 is 19.2 Å². The van der Waals surface area contributed by atoms with E-state index in [1.54, 1.807) is 6.07 Å². The van der Waals surface area contributed by atoms with Crippen LogP contribution in [0.5, 0.6) is 0 Å². The first-order valence-corrected chi connectivity index (χ1v) is 8.65. The summed E-state index contributed by atoms with van der Waals surface area (Å²) >= 11 is 0. The summed E-state index contributed by atoms with van der Waals surface area (Å²) in [5.74, 6) is -1.45. The van der Waals surface area contributed by atoms with E-state index in [9.17, 15) is 14.7 Å². The largest absolute Gasteiger partial charge is 0.503 e. The third kappa shape index (κ3) is 2.82. The van der Waals surface area contributed by atoms with Crippen molar-refractivity contribution in [3.63, 3.8) is 0 Å². The van der Waals surface area contributed by atoms with Crippen LogP contribution in [0.3, 0.4) is 0 Å². The molecule has 2 aliphatic rings. The van der Waals surface area contributed by atoms with Crippen molar-refractivity contribution in [3.05, 3.63) is 71.4 Å². The van der Waals surface area contributed by atoms with E-state index in [2.05, 4.69) is 0 Å². The molecule has 4 rings (SSSR count). The van der Waals surface area contributed by atoms with Crippen molar-refractivity contribution >= 4 is 11.7 Å². The van der Waals surface area contributed by atoms with Crippen molar-refractivity contribution < 1.29 is 23.8 Å². The van der Waals surface area contributed by atoms with Gasteiger partial charge in [-0.25, -0.2) is 0 Å². The van der Waals surface area contributed by atoms with Crippen LogP contribution in [0.15, 0.2) is 64.5 Å². The first kappa shape index (κ1) is 16.6. The van der Waals surface area contributed by atoms with Crippen molar-refractivity contribution in [3.8, 4) is 0 Å². The third-order valence-corrected chi connectivity index (χ3v) is 4.83. The van der Waals surface area contributed by atoms with Gasteiger partial charge in [-0.1, -0.05) is 30.3 Å². The maximum absolute atomic E-state index is 12.9. The van der Waals surface area contributed by atoms with Crippen LogP contribution < -0.4 is 0 Å². The highest BCUT2D eigenvalue weighted by Gasteiger charge is 2.45. The minimum Gasteiger partial charge on any atom is -0.503 e. The molecule has 0 aliphatic carbocycles. The van der Waals surface area contributed by atoms with Gasteiger partial charge in [0, 0.05) is 13.2 Å². The third-order valence-electron chi connectivity index (χ3n) is 4.83. The van der Waals surface area contributed by atoms with E-state index in [0.717, 1.165) is 18.4 Å². The summed E-state index contributed by atoms with van der Waals surface area (Å²) in [6.45, 7) is 0.998. The van der Waals surface area contributed by atoms with E-state index in [0.29, 0.717) is 13.2 Å². The Hall–Kier alpha value is -2.86. The van der Waals surface area contributed by atoms with E-state index in [4.69, 9.17) is 9.15 Å². The second kappa shape index (κ2) is 6.80. The average molecular weight is 353 g/mol. The number of hydrogen-bond donors (Lipinski definition) is 1. The maximum Gasteiger partial charge on any atom is 0.290 e. The molecule has 1 amide bonds. The molecule has 1 N–H and O–H groups in total. The predicted molar refractivity (Wildman–Crippen MR) is 92.6 cm³/mol. The Morgan fingerprint density at radius 2 is 2.00 bits per heavy atom. The number of furan rings is 1. The molecule has 2 atom stereocenters. The molecular weight excluding hydrogens is 334 g/mol. The van der Waals surface area contributed by atoms with E-state index in [1.807, 2.05) is 30.3 Å². The van der Waals surface area contributed by atoms with Crippen LogP contribution in [0.25, 0.3) is 0 Å². The highest BCUT2D eigenvalue weighted by atomic mass is 16.5. The Labute approximate surface area is 150 Å². The Morgan fingerprint density at radius 3 is 2.65 bits per heavy atom. The molecule has 2 aliphatic heterocycles. The topological polar surface area (TPSA) is 80.0 Å². The van der Waals surface area contributed by atoms with Crippen LogP contribution in [-0.4, -0.2) is 41.0 Å². The minimum atomic E-state index is -0.662. The van der Waals surface area contributed by atoms with E-state index >= 15 is 0 Å². The normalized spacial score (nSPS) is 23.1. The van der Waals surface area contributed by atoms with Crippen LogP contribution in [0.1, 0.15) is 35.0 Å². The molecule has 0 saturated carbocycles. The molecule has 26 heavy (non-hydrogen) atoms. The van der Waals surface area contributed by atoms with Crippen molar-refractivity contribution in [2.45, 2.75) is 25.0 Å². The molecule has 134 valence electrons. The number of carbonyl (C=O) groups is 2. The summed E-state index contributed by atoms with van der Waals surface area (Å²) in [6.07, 6.45) is 3.10. The molecule has 1 saturated heterocycles. The van der Waals surface area contributed by atoms with Crippen LogP contribution >= 0.6 is 0 Å². The second-order valence-corrected chi connectivity index (χ2v) is 6.47. The van der Waals surface area contributed by atoms with Crippen molar-refractivity contribution in [1.29, 1.82) is 0 Å². The summed E-state index contributed by atoms with van der Waals surface area (Å²) in [5, 5.41) is 10.5. The van der Waals surface area contributed by atoms with Crippen LogP contribution in [0.2, 0.25) is 0 Å². The van der Waals surface area contributed by atoms with Gasteiger partial charge in [-0.3, -0.25) is 9.59 Å². The maximum atomic E-state index is 12.9. The lowest BCUT2D eigenvalue weighted by molar-refractivity contribution is -0.131. The molecule has 2 aromatic rings. The monoisotopic (exact) mass is 353 g/mol. The summed E-state index contributed by atoms with van der Waals surface area (Å²) in [6, 6.07) is 11.7. The Kier molecular flexibility index (Phi) is 4.34. The SMILES string of the molecule is O=C(C1=C(O)C(=O)N(C[C@@H]2CCCO2)[C@@H]1c1ccccc1)c1ccco1. The van der Waals surface area contributed by atoms with E-state index < -0.39 is 23.5 Å². The molecule has 0 radical (unpaired) electrons. The van der Waals surface area contributed by atoms with Gasteiger partial charge in [0.2, 0.25) is 5.78 Å². The minimum absolute atomic E-state index is 0.0501. The fourth-order valence-corrected chi connectivity index (χ4v) is 3.60. The number of amides is 1. The molecule has 6 heteroatoms. The zero-order valence-corrected chi connectivity index (χ0v) is 14.1. The van der Waals surface area contributed by atoms with Crippen molar-refractivity contribution in [2.75, 3.05) is 13.2 Å². The predicted octanol–water partition coefficient (Wildman–Crippen LogP) is 3.04. The fraction of sp³-hybridized carbons (Fsp3) is 0.300. The summed E-state index contributed by atoms with van der Waals surface area (Å²) in [7, 11) is 0. The molecule has 0 unspecified atom stereocenters. The van der Waals surface area contributed by atoms with Gasteiger partial charge in [0.25, 0.3) is 5.91 Å². The number of hydrogen-bond acceptors (Lipinski definition) is 5. The Balaban J connectivity index is 1.74. The number of Topliss-reactive ketones (excluding diaryl/α,β-unsaturated/α-hetero) is 1. The molecule has 1 fully saturated rings. The van der Waals surface area contributed by atoms with E-state index in [-0.39, 0.29) is 17.4 Å². The van der Waals surface area contributed by atoms with Crippen LogP contribution in [0, 0.1) is 0 Å². The molecule has 6 nitrogen and oxygen atoms in total.